The zero-order chi connectivity index (χ0) is 15.1. The lowest BCUT2D eigenvalue weighted by Crippen LogP contribution is -2.35. The third-order valence-corrected chi connectivity index (χ3v) is 2.85. The van der Waals surface area contributed by atoms with Gasteiger partial charge in [0.05, 0.1) is 13.7 Å². The molecule has 6 nitrogen and oxygen atoms in total. The number of carboxylic acids is 1. The van der Waals surface area contributed by atoms with Crippen molar-refractivity contribution in [1.82, 2.24) is 5.32 Å². The minimum absolute atomic E-state index is 0.353. The van der Waals surface area contributed by atoms with E-state index in [1.54, 1.807) is 18.2 Å². The number of aliphatic hydroxyl groups is 1. The number of aliphatic hydroxyl groups excluding tert-OH is 1. The number of carboxylic acid groups (broad SMARTS) is 1. The molecule has 0 aromatic heterocycles. The lowest BCUT2D eigenvalue weighted by Gasteiger charge is -2.06. The maximum absolute atomic E-state index is 11.5. The third-order valence-electron chi connectivity index (χ3n) is 2.36. The van der Waals surface area contributed by atoms with Crippen LogP contribution in [0.3, 0.4) is 0 Å². The third kappa shape index (κ3) is 5.02. The molecule has 0 aliphatic heterocycles. The second kappa shape index (κ2) is 7.66. The van der Waals surface area contributed by atoms with E-state index in [2.05, 4.69) is 21.2 Å². The number of benzene rings is 1. The van der Waals surface area contributed by atoms with Crippen LogP contribution in [0.5, 0.6) is 5.75 Å². The molecule has 0 bridgehead atoms. The fraction of sp³-hybridized carbons (Fsp3) is 0.231. The number of aliphatic carboxylic acids is 1. The van der Waals surface area contributed by atoms with Crippen molar-refractivity contribution in [3.63, 3.8) is 0 Å². The van der Waals surface area contributed by atoms with Gasteiger partial charge in [-0.25, -0.2) is 4.79 Å². The minimum Gasteiger partial charge on any atom is -0.496 e. The zero-order valence-corrected chi connectivity index (χ0v) is 12.3. The van der Waals surface area contributed by atoms with E-state index >= 15 is 0 Å². The Morgan fingerprint density at radius 3 is 2.80 bits per heavy atom. The summed E-state index contributed by atoms with van der Waals surface area (Å²) in [6, 6.07) is 5.32. The van der Waals surface area contributed by atoms with E-state index in [0.29, 0.717) is 11.3 Å². The van der Waals surface area contributed by atoms with Crippen LogP contribution in [-0.2, 0) is 9.59 Å². The summed E-state index contributed by atoms with van der Waals surface area (Å²) in [4.78, 5) is 21.8. The van der Waals surface area contributed by atoms with Crippen LogP contribution in [0.15, 0.2) is 28.7 Å². The molecule has 0 unspecified atom stereocenters. The zero-order valence-electron chi connectivity index (χ0n) is 10.7. The molecule has 3 N–H and O–H groups in total. The lowest BCUT2D eigenvalue weighted by atomic mass is 10.2. The Kier molecular flexibility index (Phi) is 6.20. The van der Waals surface area contributed by atoms with Gasteiger partial charge in [-0.15, -0.1) is 0 Å². The minimum atomic E-state index is -1.62. The van der Waals surface area contributed by atoms with E-state index < -0.39 is 18.0 Å². The molecule has 1 amide bonds. The van der Waals surface area contributed by atoms with Gasteiger partial charge in [-0.05, 0) is 24.3 Å². The SMILES string of the molecule is COc1ccc(Br)cc1/C=C/C(=O)NC[C@H](O)C(=O)O. The smallest absolute Gasteiger partial charge is 0.334 e. The number of hydrogen-bond acceptors (Lipinski definition) is 4. The molecule has 0 heterocycles. The number of ether oxygens (including phenoxy) is 1. The fourth-order valence-electron chi connectivity index (χ4n) is 1.34. The molecule has 0 saturated heterocycles. The van der Waals surface area contributed by atoms with Gasteiger partial charge in [-0.3, -0.25) is 4.79 Å². The second-order valence-corrected chi connectivity index (χ2v) is 4.73. The molecule has 1 rings (SSSR count). The number of halogens is 1. The highest BCUT2D eigenvalue weighted by Gasteiger charge is 2.13. The van der Waals surface area contributed by atoms with Crippen molar-refractivity contribution in [2.75, 3.05) is 13.7 Å². The quantitative estimate of drug-likeness (QED) is 0.670. The molecule has 0 fully saturated rings. The van der Waals surface area contributed by atoms with E-state index in [1.165, 1.54) is 19.3 Å². The number of nitrogens with one attached hydrogen (secondary N) is 1. The average molecular weight is 344 g/mol. The topological polar surface area (TPSA) is 95.9 Å². The molecular formula is C13H14BrNO5. The maximum atomic E-state index is 11.5. The number of hydrogen-bond donors (Lipinski definition) is 3. The second-order valence-electron chi connectivity index (χ2n) is 3.82. The van der Waals surface area contributed by atoms with Crippen molar-refractivity contribution in [2.45, 2.75) is 6.10 Å². The number of rotatable bonds is 6. The monoisotopic (exact) mass is 343 g/mol. The molecule has 0 radical (unpaired) electrons. The summed E-state index contributed by atoms with van der Waals surface area (Å²) >= 11 is 3.31. The van der Waals surface area contributed by atoms with Gasteiger partial charge >= 0.3 is 5.97 Å². The predicted molar refractivity (Wildman–Crippen MR) is 76.4 cm³/mol. The molecule has 0 aliphatic carbocycles. The summed E-state index contributed by atoms with van der Waals surface area (Å²) in [7, 11) is 1.52. The first kappa shape index (κ1) is 16.2. The lowest BCUT2D eigenvalue weighted by molar-refractivity contribution is -0.146. The van der Waals surface area contributed by atoms with Crippen LogP contribution in [0, 0.1) is 0 Å². The molecule has 0 spiro atoms. The Hall–Kier alpha value is -1.86. The van der Waals surface area contributed by atoms with E-state index in [1.807, 2.05) is 0 Å². The number of carbonyl (C=O) groups excluding carboxylic acids is 1. The van der Waals surface area contributed by atoms with Gasteiger partial charge in [-0.2, -0.15) is 0 Å². The Morgan fingerprint density at radius 1 is 1.50 bits per heavy atom. The highest BCUT2D eigenvalue weighted by atomic mass is 79.9. The standard InChI is InChI=1S/C13H14BrNO5/c1-20-11-4-3-9(14)6-8(11)2-5-12(17)15-7-10(16)13(18)19/h2-6,10,16H,7H2,1H3,(H,15,17)(H,18,19)/b5-2+/t10-/m0/s1. The first-order valence-electron chi connectivity index (χ1n) is 5.64. The number of methoxy groups -OCH3 is 1. The van der Waals surface area contributed by atoms with Crippen molar-refractivity contribution < 1.29 is 24.5 Å². The summed E-state index contributed by atoms with van der Waals surface area (Å²) in [5, 5.41) is 19.8. The summed E-state index contributed by atoms with van der Waals surface area (Å²) in [6.07, 6.45) is 1.15. The van der Waals surface area contributed by atoms with Crippen LogP contribution < -0.4 is 10.1 Å². The molecule has 0 aliphatic rings. The normalized spacial score (nSPS) is 12.2. The first-order valence-corrected chi connectivity index (χ1v) is 6.43. The highest BCUT2D eigenvalue weighted by Crippen LogP contribution is 2.23. The molecule has 1 aromatic rings. The van der Waals surface area contributed by atoms with E-state index in [4.69, 9.17) is 14.9 Å². The van der Waals surface area contributed by atoms with Gasteiger partial charge in [0.15, 0.2) is 6.10 Å². The highest BCUT2D eigenvalue weighted by molar-refractivity contribution is 9.10. The molecule has 0 saturated carbocycles. The van der Waals surface area contributed by atoms with Crippen LogP contribution in [-0.4, -0.2) is 41.8 Å². The maximum Gasteiger partial charge on any atom is 0.334 e. The van der Waals surface area contributed by atoms with Crippen LogP contribution in [0.2, 0.25) is 0 Å². The van der Waals surface area contributed by atoms with Crippen molar-refractivity contribution in [2.24, 2.45) is 0 Å². The van der Waals surface area contributed by atoms with Gasteiger partial charge in [-0.1, -0.05) is 15.9 Å². The number of amides is 1. The molecule has 1 atom stereocenters. The average Bonchev–Trinajstić information content (AvgIpc) is 2.42. The van der Waals surface area contributed by atoms with Gasteiger partial charge in [0.25, 0.3) is 0 Å². The van der Waals surface area contributed by atoms with Gasteiger partial charge in [0, 0.05) is 16.1 Å². The summed E-state index contributed by atoms with van der Waals surface area (Å²) in [5.74, 6) is -1.29. The van der Waals surface area contributed by atoms with E-state index in [9.17, 15) is 9.59 Å². The summed E-state index contributed by atoms with van der Waals surface area (Å²) in [6.45, 7) is -0.353. The molecule has 20 heavy (non-hydrogen) atoms. The summed E-state index contributed by atoms with van der Waals surface area (Å²) < 4.78 is 5.97. The Morgan fingerprint density at radius 2 is 2.20 bits per heavy atom. The fourth-order valence-corrected chi connectivity index (χ4v) is 1.72. The largest absolute Gasteiger partial charge is 0.496 e. The molecule has 7 heteroatoms. The Bertz CT molecular complexity index is 529. The van der Waals surface area contributed by atoms with Gasteiger partial charge in [0.1, 0.15) is 5.75 Å². The van der Waals surface area contributed by atoms with Gasteiger partial charge in [0.2, 0.25) is 5.91 Å². The Labute approximate surface area is 124 Å². The van der Waals surface area contributed by atoms with Crippen molar-refractivity contribution in [3.05, 3.63) is 34.3 Å². The van der Waals surface area contributed by atoms with Crippen LogP contribution in [0.4, 0.5) is 0 Å². The molecule has 108 valence electrons. The van der Waals surface area contributed by atoms with Crippen molar-refractivity contribution >= 4 is 33.9 Å². The molecular weight excluding hydrogens is 330 g/mol. The van der Waals surface area contributed by atoms with Crippen LogP contribution >= 0.6 is 15.9 Å². The Balaban J connectivity index is 2.65. The molecule has 1 aromatic carbocycles. The van der Waals surface area contributed by atoms with E-state index in [-0.39, 0.29) is 6.54 Å². The predicted octanol–water partition coefficient (Wildman–Crippen LogP) is 1.03. The van der Waals surface area contributed by atoms with E-state index in [0.717, 1.165) is 4.47 Å². The van der Waals surface area contributed by atoms with Crippen LogP contribution in [0.25, 0.3) is 6.08 Å². The van der Waals surface area contributed by atoms with Crippen molar-refractivity contribution in [3.8, 4) is 5.75 Å². The number of carbonyl (C=O) groups is 2. The van der Waals surface area contributed by atoms with Crippen molar-refractivity contribution in [1.29, 1.82) is 0 Å². The van der Waals surface area contributed by atoms with Crippen LogP contribution in [0.1, 0.15) is 5.56 Å². The first-order chi connectivity index (χ1) is 9.43. The van der Waals surface area contributed by atoms with Gasteiger partial charge < -0.3 is 20.3 Å². The summed E-state index contributed by atoms with van der Waals surface area (Å²) in [5.41, 5.74) is 0.691.